The molecule has 0 aliphatic heterocycles. The Morgan fingerprint density at radius 3 is 2.28 bits per heavy atom. The molecular weight excluding hydrogens is 307 g/mol. The number of carboxylic acids is 1. The molecule has 2 N–H and O–H groups in total. The molecule has 0 saturated heterocycles. The molecule has 0 amide bonds. The fourth-order valence-corrected chi connectivity index (χ4v) is 1.61. The predicted octanol–water partition coefficient (Wildman–Crippen LogP) is 2.30. The molecule has 0 rings (SSSR count). The first kappa shape index (κ1) is 20.8. The summed E-state index contributed by atoms with van der Waals surface area (Å²) in [5, 5.41) is 11.5. The summed E-state index contributed by atoms with van der Waals surface area (Å²) in [4.78, 5) is 10.8. The summed E-state index contributed by atoms with van der Waals surface area (Å²) in [6, 6.07) is 0. The van der Waals surface area contributed by atoms with Gasteiger partial charge in [-0.2, -0.15) is 0 Å². The second-order valence-electron chi connectivity index (χ2n) is 4.78. The molecule has 105 valence electrons. The number of nitrogens with one attached hydrogen (secondary N) is 1. The van der Waals surface area contributed by atoms with E-state index in [-0.39, 0.29) is 38.6 Å². The third-order valence-electron chi connectivity index (χ3n) is 2.65. The smallest absolute Gasteiger partial charge is 0.307 e. The maximum atomic E-state index is 10.8. The number of rotatable bonds is 11. The van der Waals surface area contributed by atoms with Crippen molar-refractivity contribution in [3.8, 4) is 0 Å². The van der Waals surface area contributed by atoms with Crippen molar-refractivity contribution in [3.05, 3.63) is 7.05 Å². The Hall–Kier alpha value is 0.494. The van der Waals surface area contributed by atoms with Crippen molar-refractivity contribution >= 4 is 5.97 Å². The normalized spacial score (nSPS) is 12.2. The first-order valence-corrected chi connectivity index (χ1v) is 6.38. The van der Waals surface area contributed by atoms with Crippen LogP contribution in [-0.4, -0.2) is 30.8 Å². The molecule has 1 unspecified atom stereocenters. The number of aliphatic carboxylic acids is 1. The molecule has 1 radical (unpaired) electrons. The molecule has 1 atom stereocenters. The van der Waals surface area contributed by atoms with E-state index in [1.165, 1.54) is 6.42 Å². The van der Waals surface area contributed by atoms with E-state index in [2.05, 4.69) is 26.2 Å². The van der Waals surface area contributed by atoms with Gasteiger partial charge in [0.2, 0.25) is 0 Å². The van der Waals surface area contributed by atoms with Crippen LogP contribution in [0.2, 0.25) is 0 Å². The summed E-state index contributed by atoms with van der Waals surface area (Å²) >= 11 is 0. The van der Waals surface area contributed by atoms with Gasteiger partial charge in [0.25, 0.3) is 0 Å². The summed E-state index contributed by atoms with van der Waals surface area (Å²) in [6.07, 6.45) is 3.70. The Bertz CT molecular complexity index is 201. The third kappa shape index (κ3) is 12.9. The minimum Gasteiger partial charge on any atom is -0.481 e. The van der Waals surface area contributed by atoms with Crippen LogP contribution in [0, 0.1) is 18.9 Å². The minimum absolute atomic E-state index is 0. The van der Waals surface area contributed by atoms with Crippen molar-refractivity contribution in [1.82, 2.24) is 5.32 Å². The van der Waals surface area contributed by atoms with Gasteiger partial charge in [0, 0.05) is 45.9 Å². The molecular formula is C13H26NO3Y-. The summed E-state index contributed by atoms with van der Waals surface area (Å²) in [7, 11) is 3.45. The molecule has 0 aromatic heterocycles. The zero-order valence-electron chi connectivity index (χ0n) is 11.7. The molecule has 0 spiro atoms. The first-order valence-electron chi connectivity index (χ1n) is 6.38. The van der Waals surface area contributed by atoms with Crippen LogP contribution in [0.25, 0.3) is 0 Å². The van der Waals surface area contributed by atoms with E-state index in [0.717, 1.165) is 25.4 Å². The third-order valence-corrected chi connectivity index (χ3v) is 2.65. The van der Waals surface area contributed by atoms with Gasteiger partial charge in [0.1, 0.15) is 0 Å². The Kier molecular flexibility index (Phi) is 16.1. The van der Waals surface area contributed by atoms with Crippen LogP contribution in [0.3, 0.4) is 0 Å². The molecule has 0 aliphatic rings. The van der Waals surface area contributed by atoms with Crippen LogP contribution in [0.1, 0.15) is 39.5 Å². The Morgan fingerprint density at radius 1 is 1.28 bits per heavy atom. The average molecular weight is 333 g/mol. The number of hydrogen-bond acceptors (Lipinski definition) is 3. The van der Waals surface area contributed by atoms with E-state index in [1.54, 1.807) is 0 Å². The number of hydrogen-bond donors (Lipinski definition) is 2. The van der Waals surface area contributed by atoms with E-state index in [0.29, 0.717) is 19.6 Å². The zero-order valence-corrected chi connectivity index (χ0v) is 14.5. The van der Waals surface area contributed by atoms with Crippen molar-refractivity contribution in [2.45, 2.75) is 39.5 Å². The van der Waals surface area contributed by atoms with Crippen LogP contribution >= 0.6 is 0 Å². The van der Waals surface area contributed by atoms with Gasteiger partial charge < -0.3 is 15.2 Å². The SMILES string of the molecule is [CH2-]NCC(CCCOCCCC(C)C)C(=O)O.[Y]. The van der Waals surface area contributed by atoms with Gasteiger partial charge in [0.05, 0.1) is 5.92 Å². The van der Waals surface area contributed by atoms with Gasteiger partial charge in [-0.05, 0) is 38.1 Å². The van der Waals surface area contributed by atoms with Gasteiger partial charge in [-0.3, -0.25) is 11.8 Å². The van der Waals surface area contributed by atoms with E-state index < -0.39 is 5.97 Å². The van der Waals surface area contributed by atoms with Crippen molar-refractivity contribution in [3.63, 3.8) is 0 Å². The second-order valence-corrected chi connectivity index (χ2v) is 4.78. The van der Waals surface area contributed by atoms with Crippen LogP contribution < -0.4 is 5.32 Å². The second kappa shape index (κ2) is 13.9. The molecule has 4 nitrogen and oxygen atoms in total. The number of ether oxygens (including phenoxy) is 1. The molecule has 0 saturated carbocycles. The quantitative estimate of drug-likeness (QED) is 0.450. The predicted molar refractivity (Wildman–Crippen MR) is 68.6 cm³/mol. The number of carbonyl (C=O) groups is 1. The summed E-state index contributed by atoms with van der Waals surface area (Å²) in [6.45, 7) is 6.25. The van der Waals surface area contributed by atoms with E-state index in [4.69, 9.17) is 9.84 Å². The zero-order chi connectivity index (χ0) is 13.1. The average Bonchev–Trinajstić information content (AvgIpc) is 2.25. The standard InChI is InChI=1S/C13H26NO3.Y/c1-11(2)6-4-8-17-9-5-7-12(10-14-3)13(15)16;/h11-12,14H,3-10H2,1-2H3,(H,15,16);/q-1;. The van der Waals surface area contributed by atoms with Gasteiger partial charge in [0.15, 0.2) is 0 Å². The largest absolute Gasteiger partial charge is 0.481 e. The van der Waals surface area contributed by atoms with E-state index in [1.807, 2.05) is 0 Å². The van der Waals surface area contributed by atoms with Gasteiger partial charge in [-0.1, -0.05) is 13.8 Å². The number of carboxylic acid groups (broad SMARTS) is 1. The van der Waals surface area contributed by atoms with Crippen LogP contribution in [0.5, 0.6) is 0 Å². The molecule has 0 fully saturated rings. The van der Waals surface area contributed by atoms with Crippen LogP contribution in [-0.2, 0) is 42.2 Å². The summed E-state index contributed by atoms with van der Waals surface area (Å²) in [5.41, 5.74) is 0. The molecule has 0 aromatic rings. The van der Waals surface area contributed by atoms with E-state index >= 15 is 0 Å². The molecule has 0 bridgehead atoms. The molecule has 0 aromatic carbocycles. The van der Waals surface area contributed by atoms with Crippen LogP contribution in [0.15, 0.2) is 0 Å². The molecule has 5 heteroatoms. The van der Waals surface area contributed by atoms with Crippen molar-refractivity contribution in [2.24, 2.45) is 11.8 Å². The first-order chi connectivity index (χ1) is 8.07. The van der Waals surface area contributed by atoms with Crippen molar-refractivity contribution < 1.29 is 47.3 Å². The van der Waals surface area contributed by atoms with Gasteiger partial charge in [-0.15, -0.1) is 0 Å². The van der Waals surface area contributed by atoms with Crippen LogP contribution in [0.4, 0.5) is 0 Å². The topological polar surface area (TPSA) is 58.6 Å². The Labute approximate surface area is 136 Å². The summed E-state index contributed by atoms with van der Waals surface area (Å²) < 4.78 is 5.46. The van der Waals surface area contributed by atoms with Crippen molar-refractivity contribution in [1.29, 1.82) is 0 Å². The van der Waals surface area contributed by atoms with E-state index in [9.17, 15) is 4.79 Å². The molecule has 0 heterocycles. The molecule has 18 heavy (non-hydrogen) atoms. The van der Waals surface area contributed by atoms with Gasteiger partial charge >= 0.3 is 5.97 Å². The summed E-state index contributed by atoms with van der Waals surface area (Å²) in [5.74, 6) is -0.397. The van der Waals surface area contributed by atoms with Crippen molar-refractivity contribution in [2.75, 3.05) is 19.8 Å². The molecule has 0 aliphatic carbocycles. The maximum absolute atomic E-state index is 10.8. The maximum Gasteiger partial charge on any atom is 0.307 e. The minimum atomic E-state index is -0.763. The monoisotopic (exact) mass is 333 g/mol. The van der Waals surface area contributed by atoms with Gasteiger partial charge in [-0.25, -0.2) is 0 Å². The Morgan fingerprint density at radius 2 is 1.83 bits per heavy atom. The Balaban J connectivity index is 0. The fourth-order valence-electron chi connectivity index (χ4n) is 1.61. The fraction of sp³-hybridized carbons (Fsp3) is 0.846.